The van der Waals surface area contributed by atoms with E-state index in [1.165, 1.54) is 6.07 Å². The number of benzene rings is 1. The molecule has 0 amide bonds. The second-order valence-electron chi connectivity index (χ2n) is 4.79. The Morgan fingerprint density at radius 2 is 1.90 bits per heavy atom. The van der Waals surface area contributed by atoms with Crippen LogP contribution in [0.25, 0.3) is 0 Å². The minimum Gasteiger partial charge on any atom is -0.305 e. The van der Waals surface area contributed by atoms with Gasteiger partial charge in [0.2, 0.25) is 0 Å². The zero-order valence-electron chi connectivity index (χ0n) is 12.3. The fraction of sp³-hybridized carbons (Fsp3) is 0.400. The van der Waals surface area contributed by atoms with Crippen LogP contribution < -0.4 is 5.32 Å². The fourth-order valence-corrected chi connectivity index (χ4v) is 2.33. The Hall–Kier alpha value is -1.82. The average molecular weight is 297 g/mol. The molecule has 0 saturated heterocycles. The van der Waals surface area contributed by atoms with Crippen molar-refractivity contribution in [2.45, 2.75) is 26.3 Å². The summed E-state index contributed by atoms with van der Waals surface area (Å²) in [6.45, 7) is 4.38. The summed E-state index contributed by atoms with van der Waals surface area (Å²) in [5.41, 5.74) is 1.64. The van der Waals surface area contributed by atoms with Crippen molar-refractivity contribution in [2.24, 2.45) is 7.05 Å². The van der Waals surface area contributed by atoms with Gasteiger partial charge in [0, 0.05) is 12.6 Å². The van der Waals surface area contributed by atoms with Gasteiger partial charge in [-0.15, -0.1) is 0 Å². The summed E-state index contributed by atoms with van der Waals surface area (Å²) in [4.78, 5) is 0. The van der Waals surface area contributed by atoms with Gasteiger partial charge >= 0.3 is 0 Å². The average Bonchev–Trinajstić information content (AvgIpc) is 2.84. The van der Waals surface area contributed by atoms with Crippen LogP contribution in [-0.2, 0) is 13.5 Å². The molecule has 114 valence electrons. The number of aromatic nitrogens is 2. The summed E-state index contributed by atoms with van der Waals surface area (Å²) < 4.78 is 42.3. The molecule has 0 saturated carbocycles. The number of nitrogens with one attached hydrogen (secondary N) is 1. The highest BCUT2D eigenvalue weighted by Crippen LogP contribution is 2.27. The van der Waals surface area contributed by atoms with Crippen LogP contribution >= 0.6 is 0 Å². The molecule has 1 N–H and O–H groups in total. The third kappa shape index (κ3) is 2.95. The van der Waals surface area contributed by atoms with Crippen molar-refractivity contribution in [3.05, 3.63) is 52.6 Å². The monoisotopic (exact) mass is 297 g/mol. The highest BCUT2D eigenvalue weighted by Gasteiger charge is 2.24. The van der Waals surface area contributed by atoms with E-state index in [1.54, 1.807) is 11.7 Å². The van der Waals surface area contributed by atoms with Crippen molar-refractivity contribution in [1.29, 1.82) is 0 Å². The first kappa shape index (κ1) is 15.6. The summed E-state index contributed by atoms with van der Waals surface area (Å²) in [6.07, 6.45) is 0.743. The van der Waals surface area contributed by atoms with Crippen LogP contribution in [0.4, 0.5) is 13.2 Å². The second-order valence-corrected chi connectivity index (χ2v) is 4.79. The first-order chi connectivity index (χ1) is 9.99. The third-order valence-corrected chi connectivity index (χ3v) is 3.41. The Morgan fingerprint density at radius 1 is 1.19 bits per heavy atom. The van der Waals surface area contributed by atoms with E-state index in [9.17, 15) is 13.2 Å². The lowest BCUT2D eigenvalue weighted by Crippen LogP contribution is -2.25. The molecule has 1 aromatic carbocycles. The Bertz CT molecular complexity index is 637. The summed E-state index contributed by atoms with van der Waals surface area (Å²) in [6, 6.07) is 3.46. The van der Waals surface area contributed by atoms with Gasteiger partial charge in [-0.2, -0.15) is 5.10 Å². The van der Waals surface area contributed by atoms with E-state index in [2.05, 4.69) is 10.4 Å². The molecule has 6 heteroatoms. The van der Waals surface area contributed by atoms with Gasteiger partial charge in [-0.25, -0.2) is 13.2 Å². The van der Waals surface area contributed by atoms with E-state index in [0.29, 0.717) is 12.2 Å². The predicted octanol–water partition coefficient (Wildman–Crippen LogP) is 3.10. The lowest BCUT2D eigenvalue weighted by Gasteiger charge is -2.19. The molecule has 21 heavy (non-hydrogen) atoms. The second kappa shape index (κ2) is 6.30. The number of rotatable bonds is 5. The van der Waals surface area contributed by atoms with Crippen LogP contribution in [0.1, 0.15) is 36.8 Å². The van der Waals surface area contributed by atoms with Crippen molar-refractivity contribution in [3.8, 4) is 0 Å². The molecule has 3 nitrogen and oxygen atoms in total. The number of halogens is 3. The number of hydrogen-bond acceptors (Lipinski definition) is 2. The molecule has 2 aromatic rings. The van der Waals surface area contributed by atoms with Gasteiger partial charge < -0.3 is 5.32 Å². The van der Waals surface area contributed by atoms with E-state index >= 15 is 0 Å². The normalized spacial score (nSPS) is 12.7. The molecule has 0 radical (unpaired) electrons. The quantitative estimate of drug-likeness (QED) is 0.860. The molecule has 1 aromatic heterocycles. The van der Waals surface area contributed by atoms with Crippen LogP contribution in [0, 0.1) is 17.5 Å². The van der Waals surface area contributed by atoms with Gasteiger partial charge in [0.1, 0.15) is 0 Å². The molecule has 0 aliphatic rings. The standard InChI is InChI=1S/C15H18F3N3/c1-4-9-8-12(21(3)20-9)15(19-5-2)10-6-7-11(16)14(18)13(10)17/h6-8,15,19H,4-5H2,1-3H3. The zero-order valence-corrected chi connectivity index (χ0v) is 12.3. The van der Waals surface area contributed by atoms with Crippen LogP contribution in [-0.4, -0.2) is 16.3 Å². The largest absolute Gasteiger partial charge is 0.305 e. The smallest absolute Gasteiger partial charge is 0.194 e. The Labute approximate surface area is 121 Å². The molecule has 1 atom stereocenters. The lowest BCUT2D eigenvalue weighted by molar-refractivity contribution is 0.430. The van der Waals surface area contributed by atoms with Crippen molar-refractivity contribution >= 4 is 0 Å². The first-order valence-corrected chi connectivity index (χ1v) is 6.89. The van der Waals surface area contributed by atoms with E-state index in [4.69, 9.17) is 0 Å². The van der Waals surface area contributed by atoms with Crippen molar-refractivity contribution in [2.75, 3.05) is 6.54 Å². The van der Waals surface area contributed by atoms with Gasteiger partial charge in [-0.3, -0.25) is 4.68 Å². The molecule has 1 unspecified atom stereocenters. The van der Waals surface area contributed by atoms with E-state index < -0.39 is 23.5 Å². The zero-order chi connectivity index (χ0) is 15.6. The van der Waals surface area contributed by atoms with E-state index in [1.807, 2.05) is 19.9 Å². The maximum Gasteiger partial charge on any atom is 0.194 e. The summed E-state index contributed by atoms with van der Waals surface area (Å²) in [5, 5.41) is 7.40. The SMILES string of the molecule is CCNC(c1ccc(F)c(F)c1F)c1cc(CC)nn1C. The van der Waals surface area contributed by atoms with Crippen LogP contribution in [0.5, 0.6) is 0 Å². The van der Waals surface area contributed by atoms with Gasteiger partial charge in [0.15, 0.2) is 17.5 Å². The van der Waals surface area contributed by atoms with Crippen molar-refractivity contribution in [1.82, 2.24) is 15.1 Å². The predicted molar refractivity (Wildman–Crippen MR) is 74.4 cm³/mol. The van der Waals surface area contributed by atoms with E-state index in [-0.39, 0.29) is 5.56 Å². The van der Waals surface area contributed by atoms with Crippen molar-refractivity contribution < 1.29 is 13.2 Å². The first-order valence-electron chi connectivity index (χ1n) is 6.89. The molecule has 0 bridgehead atoms. The number of aryl methyl sites for hydroxylation is 2. The van der Waals surface area contributed by atoms with E-state index in [0.717, 1.165) is 18.2 Å². The molecular formula is C15H18F3N3. The van der Waals surface area contributed by atoms with Gasteiger partial charge in [-0.1, -0.05) is 19.9 Å². The Morgan fingerprint density at radius 3 is 2.48 bits per heavy atom. The Balaban J connectivity index is 2.53. The number of hydrogen-bond donors (Lipinski definition) is 1. The van der Waals surface area contributed by atoms with Crippen LogP contribution in [0.15, 0.2) is 18.2 Å². The molecular weight excluding hydrogens is 279 g/mol. The summed E-state index contributed by atoms with van der Waals surface area (Å²) in [7, 11) is 1.75. The molecule has 0 aliphatic heterocycles. The molecule has 0 spiro atoms. The lowest BCUT2D eigenvalue weighted by atomic mass is 10.0. The highest BCUT2D eigenvalue weighted by atomic mass is 19.2. The maximum absolute atomic E-state index is 14.1. The third-order valence-electron chi connectivity index (χ3n) is 3.41. The fourth-order valence-electron chi connectivity index (χ4n) is 2.33. The van der Waals surface area contributed by atoms with Crippen LogP contribution in [0.2, 0.25) is 0 Å². The highest BCUT2D eigenvalue weighted by molar-refractivity contribution is 5.31. The van der Waals surface area contributed by atoms with Gasteiger partial charge in [0.25, 0.3) is 0 Å². The molecule has 0 aliphatic carbocycles. The molecule has 2 rings (SSSR count). The maximum atomic E-state index is 14.1. The topological polar surface area (TPSA) is 29.9 Å². The summed E-state index contributed by atoms with van der Waals surface area (Å²) in [5.74, 6) is -3.81. The Kier molecular flexibility index (Phi) is 4.67. The van der Waals surface area contributed by atoms with Crippen molar-refractivity contribution in [3.63, 3.8) is 0 Å². The molecule has 1 heterocycles. The van der Waals surface area contributed by atoms with Gasteiger partial charge in [-0.05, 0) is 25.1 Å². The van der Waals surface area contributed by atoms with Gasteiger partial charge in [0.05, 0.1) is 17.4 Å². The minimum absolute atomic E-state index is 0.0707. The number of nitrogens with zero attached hydrogens (tertiary/aromatic N) is 2. The molecule has 0 fully saturated rings. The minimum atomic E-state index is -1.45. The summed E-state index contributed by atoms with van der Waals surface area (Å²) >= 11 is 0. The van der Waals surface area contributed by atoms with Crippen LogP contribution in [0.3, 0.4) is 0 Å².